The molecule has 1 heterocycles. The van der Waals surface area contributed by atoms with Crippen molar-refractivity contribution < 1.29 is 30.0 Å². The molecule has 0 fully saturated rings. The number of hydrogen-bond donors (Lipinski definition) is 1. The standard InChI is InChI=1S/C27H26N.C13H24O2.Ir/c1-26(2,3)16-17-12-20-10-11-28-25-21-14-18-8-6-7-9-19(18)15-22(21)27(4,5)23(13-17)24(20)25;1-5-10(6-2)12(14)9-13(15)11(7-3)8-4;/h6-13,15H,16H2,1-5H3;9-11,14H,5-8H2,1-4H3;/q-1;;/b;12-9-;. The molecule has 3 aromatic carbocycles. The Kier molecular flexibility index (Phi) is 11.8. The average Bonchev–Trinajstić information content (AvgIpc) is 2.96. The van der Waals surface area contributed by atoms with Gasteiger partial charge < -0.3 is 5.11 Å². The summed E-state index contributed by atoms with van der Waals surface area (Å²) in [4.78, 5) is 16.5. The molecule has 1 aliphatic carbocycles. The van der Waals surface area contributed by atoms with Gasteiger partial charge in [-0.05, 0) is 70.9 Å². The van der Waals surface area contributed by atoms with E-state index < -0.39 is 0 Å². The van der Waals surface area contributed by atoms with E-state index in [1.54, 1.807) is 0 Å². The molecule has 237 valence electrons. The minimum Gasteiger partial charge on any atom is -0.512 e. The van der Waals surface area contributed by atoms with E-state index in [0.717, 1.165) is 48.7 Å². The van der Waals surface area contributed by atoms with E-state index in [-0.39, 0.29) is 54.3 Å². The monoisotopic (exact) mass is 769 g/mol. The summed E-state index contributed by atoms with van der Waals surface area (Å²) in [5, 5.41) is 14.8. The van der Waals surface area contributed by atoms with Crippen LogP contribution in [0.2, 0.25) is 0 Å². The Hall–Kier alpha value is -2.81. The molecule has 5 rings (SSSR count). The first kappa shape index (κ1) is 35.7. The van der Waals surface area contributed by atoms with Crippen molar-refractivity contribution in [3.63, 3.8) is 0 Å². The van der Waals surface area contributed by atoms with E-state index in [1.165, 1.54) is 38.9 Å². The number of aliphatic hydroxyl groups is 1. The molecular formula is C40H50IrNO2-. The Morgan fingerprint density at radius 3 is 2.16 bits per heavy atom. The van der Waals surface area contributed by atoms with Gasteiger partial charge in [0.1, 0.15) is 0 Å². The van der Waals surface area contributed by atoms with E-state index in [9.17, 15) is 9.90 Å². The number of aliphatic hydroxyl groups excluding tert-OH is 1. The van der Waals surface area contributed by atoms with Gasteiger partial charge in [0.25, 0.3) is 0 Å². The molecule has 0 unspecified atom stereocenters. The first-order valence-electron chi connectivity index (χ1n) is 16.2. The molecule has 44 heavy (non-hydrogen) atoms. The molecule has 0 atom stereocenters. The van der Waals surface area contributed by atoms with Crippen LogP contribution in [-0.2, 0) is 36.7 Å². The predicted molar refractivity (Wildman–Crippen MR) is 183 cm³/mol. The average molecular weight is 769 g/mol. The van der Waals surface area contributed by atoms with Crippen LogP contribution >= 0.6 is 0 Å². The number of nitrogens with zero attached hydrogens (tertiary/aromatic N) is 1. The zero-order valence-electron chi connectivity index (χ0n) is 28.1. The number of aromatic nitrogens is 1. The van der Waals surface area contributed by atoms with Gasteiger partial charge in [-0.15, -0.1) is 23.6 Å². The van der Waals surface area contributed by atoms with Gasteiger partial charge in [0.05, 0.1) is 5.76 Å². The molecule has 1 aliphatic rings. The predicted octanol–water partition coefficient (Wildman–Crippen LogP) is 11.0. The van der Waals surface area contributed by atoms with Crippen molar-refractivity contribution in [1.29, 1.82) is 0 Å². The quantitative estimate of drug-likeness (QED) is 0.110. The molecule has 1 radical (unpaired) electrons. The molecule has 1 aromatic heterocycles. The molecule has 1 N–H and O–H groups in total. The number of hydrogen-bond acceptors (Lipinski definition) is 3. The van der Waals surface area contributed by atoms with Crippen molar-refractivity contribution in [2.75, 3.05) is 0 Å². The maximum absolute atomic E-state index is 11.7. The second-order valence-corrected chi connectivity index (χ2v) is 13.9. The number of ketones is 1. The Balaban J connectivity index is 0.000000286. The molecule has 4 aromatic rings. The van der Waals surface area contributed by atoms with Crippen LogP contribution in [0.15, 0.2) is 66.6 Å². The van der Waals surface area contributed by atoms with Gasteiger partial charge in [0.2, 0.25) is 0 Å². The third-order valence-electron chi connectivity index (χ3n) is 9.11. The van der Waals surface area contributed by atoms with E-state index >= 15 is 0 Å². The summed E-state index contributed by atoms with van der Waals surface area (Å²) >= 11 is 0. The van der Waals surface area contributed by atoms with Crippen LogP contribution in [0.25, 0.3) is 32.8 Å². The first-order valence-corrected chi connectivity index (χ1v) is 16.2. The van der Waals surface area contributed by atoms with Crippen molar-refractivity contribution in [1.82, 2.24) is 4.98 Å². The fraction of sp³-hybridized carbons (Fsp3) is 0.450. The summed E-state index contributed by atoms with van der Waals surface area (Å²) in [7, 11) is 0. The molecule has 0 spiro atoms. The van der Waals surface area contributed by atoms with E-state index in [4.69, 9.17) is 4.98 Å². The summed E-state index contributed by atoms with van der Waals surface area (Å²) in [6.07, 6.45) is 7.93. The zero-order valence-corrected chi connectivity index (χ0v) is 30.5. The number of fused-ring (bicyclic) bond motifs is 3. The summed E-state index contributed by atoms with van der Waals surface area (Å²) < 4.78 is 0. The topological polar surface area (TPSA) is 50.2 Å². The Bertz CT molecular complexity index is 1640. The molecule has 0 saturated heterocycles. The third-order valence-corrected chi connectivity index (χ3v) is 9.11. The number of benzene rings is 3. The number of allylic oxidation sites excluding steroid dienone is 2. The van der Waals surface area contributed by atoms with Crippen LogP contribution < -0.4 is 0 Å². The van der Waals surface area contributed by atoms with Crippen LogP contribution in [0.4, 0.5) is 0 Å². The van der Waals surface area contributed by atoms with Gasteiger partial charge in [-0.3, -0.25) is 9.78 Å². The van der Waals surface area contributed by atoms with E-state index in [2.05, 4.69) is 89.2 Å². The normalized spacial score (nSPS) is 13.8. The molecular weight excluding hydrogens is 719 g/mol. The van der Waals surface area contributed by atoms with Crippen LogP contribution in [0, 0.1) is 23.3 Å². The van der Waals surface area contributed by atoms with E-state index in [1.807, 2.05) is 33.9 Å². The van der Waals surface area contributed by atoms with Crippen LogP contribution in [0.5, 0.6) is 0 Å². The van der Waals surface area contributed by atoms with Crippen molar-refractivity contribution in [3.8, 4) is 11.3 Å². The van der Waals surface area contributed by atoms with Crippen LogP contribution in [0.1, 0.15) is 105 Å². The van der Waals surface area contributed by atoms with Gasteiger partial charge >= 0.3 is 0 Å². The molecule has 4 heteroatoms. The Labute approximate surface area is 278 Å². The van der Waals surface area contributed by atoms with Gasteiger partial charge in [-0.1, -0.05) is 109 Å². The van der Waals surface area contributed by atoms with Crippen molar-refractivity contribution in [3.05, 3.63) is 89.3 Å². The van der Waals surface area contributed by atoms with Gasteiger partial charge in [-0.25, -0.2) is 0 Å². The van der Waals surface area contributed by atoms with Crippen LogP contribution in [-0.4, -0.2) is 15.9 Å². The number of pyridine rings is 1. The van der Waals surface area contributed by atoms with Crippen LogP contribution in [0.3, 0.4) is 0 Å². The number of rotatable bonds is 8. The Morgan fingerprint density at radius 2 is 1.55 bits per heavy atom. The zero-order chi connectivity index (χ0) is 31.5. The number of carbonyl (C=O) groups is 1. The molecule has 0 saturated carbocycles. The smallest absolute Gasteiger partial charge is 0.162 e. The first-order chi connectivity index (χ1) is 20.3. The second kappa shape index (κ2) is 14.5. The summed E-state index contributed by atoms with van der Waals surface area (Å²) in [6.45, 7) is 19.7. The second-order valence-electron chi connectivity index (χ2n) is 13.9. The fourth-order valence-electron chi connectivity index (χ4n) is 6.55. The molecule has 0 amide bonds. The largest absolute Gasteiger partial charge is 0.512 e. The molecule has 0 bridgehead atoms. The van der Waals surface area contributed by atoms with Crippen molar-refractivity contribution in [2.45, 2.75) is 99.8 Å². The minimum atomic E-state index is -0.0853. The summed E-state index contributed by atoms with van der Waals surface area (Å²) in [5.41, 5.74) is 6.54. The SMILES string of the molecule is CC(C)(C)Cc1cc2c3c(nccc3c1)-c1[c-]c3ccccc3cc1C2(C)C.CCC(CC)C(=O)/C=C(\O)C(CC)CC.[Ir]. The van der Waals surface area contributed by atoms with Gasteiger partial charge in [0, 0.05) is 49.9 Å². The fourth-order valence-corrected chi connectivity index (χ4v) is 6.55. The summed E-state index contributed by atoms with van der Waals surface area (Å²) in [6, 6.07) is 21.5. The maximum Gasteiger partial charge on any atom is 0.162 e. The minimum absolute atomic E-state index is 0. The van der Waals surface area contributed by atoms with Gasteiger partial charge in [0.15, 0.2) is 5.78 Å². The van der Waals surface area contributed by atoms with Gasteiger partial charge in [-0.2, -0.15) is 0 Å². The van der Waals surface area contributed by atoms with Crippen molar-refractivity contribution in [2.24, 2.45) is 17.3 Å². The Morgan fingerprint density at radius 1 is 0.909 bits per heavy atom. The van der Waals surface area contributed by atoms with Crippen molar-refractivity contribution >= 4 is 27.3 Å². The maximum atomic E-state index is 11.7. The third kappa shape index (κ3) is 7.52. The van der Waals surface area contributed by atoms with E-state index in [0.29, 0.717) is 0 Å². The molecule has 0 aliphatic heterocycles. The number of carbonyl (C=O) groups excluding carboxylic acids is 1. The summed E-state index contributed by atoms with van der Waals surface area (Å²) in [5.74, 6) is 0.547. The molecule has 3 nitrogen and oxygen atoms in total.